The molecular formula is C57H90N2O6. The van der Waals surface area contributed by atoms with Crippen LogP contribution in [0.5, 0.6) is 17.2 Å². The maximum atomic E-state index is 14.4. The number of nitro benzene ring substituents is 1. The van der Waals surface area contributed by atoms with E-state index in [1.807, 2.05) is 0 Å². The molecule has 2 atom stereocenters. The molecule has 8 nitrogen and oxygen atoms in total. The Labute approximate surface area is 395 Å². The smallest absolute Gasteiger partial charge is 0.270 e. The summed E-state index contributed by atoms with van der Waals surface area (Å²) in [6.45, 7) is 36.3. The molecule has 0 fully saturated rings. The minimum absolute atomic E-state index is 0.125. The van der Waals surface area contributed by atoms with Gasteiger partial charge in [0.25, 0.3) is 5.69 Å². The molecule has 0 aliphatic rings. The second-order valence-corrected chi connectivity index (χ2v) is 22.9. The van der Waals surface area contributed by atoms with Crippen LogP contribution < -0.4 is 9.47 Å². The van der Waals surface area contributed by atoms with Gasteiger partial charge in [-0.3, -0.25) is 15.1 Å². The zero-order chi connectivity index (χ0) is 49.0. The monoisotopic (exact) mass is 899 g/mol. The number of non-ortho nitro benzene ring substituents is 1. The zero-order valence-corrected chi connectivity index (χ0v) is 43.8. The number of phenolic OH excluding ortho intramolecular Hbond substituents is 1. The van der Waals surface area contributed by atoms with E-state index in [0.29, 0.717) is 30.8 Å². The Morgan fingerprint density at radius 3 is 1.32 bits per heavy atom. The Kier molecular flexibility index (Phi) is 20.2. The molecule has 0 spiro atoms. The molecule has 364 valence electrons. The van der Waals surface area contributed by atoms with Crippen molar-refractivity contribution >= 4 is 11.9 Å². The van der Waals surface area contributed by atoms with E-state index in [9.17, 15) is 20.3 Å². The van der Waals surface area contributed by atoms with Gasteiger partial charge in [0.2, 0.25) is 0 Å². The van der Waals surface area contributed by atoms with Gasteiger partial charge in [0.05, 0.1) is 24.2 Å². The maximum absolute atomic E-state index is 14.4. The van der Waals surface area contributed by atoms with Crippen LogP contribution in [0.2, 0.25) is 0 Å². The van der Waals surface area contributed by atoms with Crippen molar-refractivity contribution in [1.29, 1.82) is 0 Å². The summed E-state index contributed by atoms with van der Waals surface area (Å²) in [4.78, 5) is 16.6. The molecule has 0 amide bonds. The predicted octanol–water partition coefficient (Wildman–Crippen LogP) is 15.7. The number of nitro groups is 1. The topological polar surface area (TPSA) is 114 Å². The van der Waals surface area contributed by atoms with E-state index in [1.54, 1.807) is 0 Å². The van der Waals surface area contributed by atoms with Crippen LogP contribution in [0.4, 0.5) is 5.69 Å². The van der Waals surface area contributed by atoms with Gasteiger partial charge < -0.3 is 19.7 Å². The van der Waals surface area contributed by atoms with E-state index in [4.69, 9.17) is 14.5 Å². The number of rotatable bonds is 24. The highest BCUT2D eigenvalue weighted by molar-refractivity contribution is 5.84. The Balaban J connectivity index is 2.54. The van der Waals surface area contributed by atoms with E-state index in [1.165, 1.54) is 75.8 Å². The fourth-order valence-corrected chi connectivity index (χ4v) is 8.67. The SMILES string of the molecule is CCCCCCCCOc1c(C(C)(C)C)cc(C(O)(c2cc(C(C)(C)C)c(OCCCCCCCC)c(C(C)(C)C)c2)C(N=Cc2cc([N+](=O)[O-])ccc2O)C(C)CC)cc1C(C)(C)C. The zero-order valence-electron chi connectivity index (χ0n) is 43.8. The van der Waals surface area contributed by atoms with Gasteiger partial charge in [0.15, 0.2) is 0 Å². The molecule has 2 N–H and O–H groups in total. The van der Waals surface area contributed by atoms with Gasteiger partial charge in [0, 0.05) is 46.2 Å². The van der Waals surface area contributed by atoms with Gasteiger partial charge in [0.1, 0.15) is 22.8 Å². The second-order valence-electron chi connectivity index (χ2n) is 22.9. The third-order valence-corrected chi connectivity index (χ3v) is 13.0. The number of ether oxygens (including phenoxy) is 2. The van der Waals surface area contributed by atoms with Crippen LogP contribution in [0.25, 0.3) is 0 Å². The molecule has 3 aromatic rings. The summed E-state index contributed by atoms with van der Waals surface area (Å²) in [7, 11) is 0. The van der Waals surface area contributed by atoms with Gasteiger partial charge in [-0.25, -0.2) is 0 Å². The molecule has 0 aliphatic heterocycles. The van der Waals surface area contributed by atoms with Crippen LogP contribution >= 0.6 is 0 Å². The Morgan fingerprint density at radius 2 is 0.985 bits per heavy atom. The Hall–Kier alpha value is -3.91. The molecule has 0 aromatic heterocycles. The number of phenols is 1. The fourth-order valence-electron chi connectivity index (χ4n) is 8.67. The highest BCUT2D eigenvalue weighted by atomic mass is 16.6. The molecule has 0 bridgehead atoms. The number of aromatic hydroxyl groups is 1. The minimum Gasteiger partial charge on any atom is -0.507 e. The fraction of sp³-hybridized carbons (Fsp3) is 0.667. The summed E-state index contributed by atoms with van der Waals surface area (Å²) < 4.78 is 13.8. The van der Waals surface area contributed by atoms with Crippen molar-refractivity contribution in [3.05, 3.63) is 91.5 Å². The number of hydrogen-bond acceptors (Lipinski definition) is 7. The number of benzene rings is 3. The van der Waals surface area contributed by atoms with Gasteiger partial charge in [-0.15, -0.1) is 0 Å². The van der Waals surface area contributed by atoms with Crippen molar-refractivity contribution in [1.82, 2.24) is 0 Å². The van der Waals surface area contributed by atoms with Crippen LogP contribution in [0.3, 0.4) is 0 Å². The summed E-state index contributed by atoms with van der Waals surface area (Å²) in [5.74, 6) is 1.44. The molecule has 0 radical (unpaired) electrons. The standard InChI is InChI=1S/C57H90N2O6/c1-17-20-22-24-26-28-32-64-50-45(53(5,6)7)35-42(36-46(50)54(8,9)10)57(61,52(40(4)19-3)58-39-41-34-44(59(62)63)30-31-49(41)60)43-37-47(55(11,12)13)51(48(38-43)56(14,15)16)65-33-29-27-25-23-21-18-2/h30-31,34-40,52,60-61H,17-29,32-33H2,1-16H3. The highest BCUT2D eigenvalue weighted by Crippen LogP contribution is 2.50. The van der Waals surface area contributed by atoms with E-state index in [-0.39, 0.29) is 44.6 Å². The van der Waals surface area contributed by atoms with Crippen molar-refractivity contribution in [3.63, 3.8) is 0 Å². The number of aliphatic hydroxyl groups is 1. The molecule has 0 saturated carbocycles. The van der Waals surface area contributed by atoms with E-state index >= 15 is 0 Å². The van der Waals surface area contributed by atoms with Crippen molar-refractivity contribution in [2.75, 3.05) is 13.2 Å². The minimum atomic E-state index is -1.74. The molecular weight excluding hydrogens is 809 g/mol. The van der Waals surface area contributed by atoms with Gasteiger partial charge in [-0.05, 0) is 81.9 Å². The highest BCUT2D eigenvalue weighted by Gasteiger charge is 2.46. The molecule has 2 unspecified atom stereocenters. The van der Waals surface area contributed by atoms with Gasteiger partial charge >= 0.3 is 0 Å². The molecule has 0 heterocycles. The predicted molar refractivity (Wildman–Crippen MR) is 274 cm³/mol. The number of aliphatic imine (C=N–C) groups is 1. The first-order valence-corrected chi connectivity index (χ1v) is 25.1. The third-order valence-electron chi connectivity index (χ3n) is 13.0. The normalized spacial score (nSPS) is 13.9. The molecule has 0 saturated heterocycles. The largest absolute Gasteiger partial charge is 0.507 e. The first-order valence-electron chi connectivity index (χ1n) is 25.1. The van der Waals surface area contributed by atoms with Crippen molar-refractivity contribution < 1.29 is 24.6 Å². The average molecular weight is 899 g/mol. The van der Waals surface area contributed by atoms with E-state index < -0.39 is 16.6 Å². The van der Waals surface area contributed by atoms with E-state index in [0.717, 1.165) is 59.4 Å². The average Bonchev–Trinajstić information content (AvgIpc) is 3.21. The first-order chi connectivity index (χ1) is 30.2. The second kappa shape index (κ2) is 23.7. The van der Waals surface area contributed by atoms with E-state index in [2.05, 4.69) is 135 Å². The lowest BCUT2D eigenvalue weighted by molar-refractivity contribution is -0.384. The lowest BCUT2D eigenvalue weighted by Crippen LogP contribution is -2.44. The van der Waals surface area contributed by atoms with Crippen LogP contribution in [-0.4, -0.2) is 40.6 Å². The lowest BCUT2D eigenvalue weighted by Gasteiger charge is -2.42. The lowest BCUT2D eigenvalue weighted by atomic mass is 9.68. The van der Waals surface area contributed by atoms with Crippen LogP contribution in [-0.2, 0) is 27.3 Å². The van der Waals surface area contributed by atoms with Gasteiger partial charge in [-0.1, -0.05) is 181 Å². The first kappa shape index (κ1) is 55.4. The van der Waals surface area contributed by atoms with Gasteiger partial charge in [-0.2, -0.15) is 0 Å². The number of hydrogen-bond donors (Lipinski definition) is 2. The summed E-state index contributed by atoms with van der Waals surface area (Å²) in [6.07, 6.45) is 16.2. The molecule has 8 heteroatoms. The van der Waals surface area contributed by atoms with Crippen molar-refractivity contribution in [3.8, 4) is 17.2 Å². The van der Waals surface area contributed by atoms with Crippen LogP contribution in [0.15, 0.2) is 47.5 Å². The van der Waals surface area contributed by atoms with Crippen molar-refractivity contribution in [2.24, 2.45) is 10.9 Å². The quantitative estimate of drug-likeness (QED) is 0.0401. The number of unbranched alkanes of at least 4 members (excludes halogenated alkanes) is 10. The molecule has 3 rings (SSSR count). The third kappa shape index (κ3) is 15.0. The summed E-state index contributed by atoms with van der Waals surface area (Å²) in [6, 6.07) is 11.8. The maximum Gasteiger partial charge on any atom is 0.270 e. The summed E-state index contributed by atoms with van der Waals surface area (Å²) in [5.41, 5.74) is 2.32. The number of nitrogens with zero attached hydrogens (tertiary/aromatic N) is 2. The van der Waals surface area contributed by atoms with Crippen LogP contribution in [0, 0.1) is 16.0 Å². The Bertz CT molecular complexity index is 1840. The van der Waals surface area contributed by atoms with Crippen LogP contribution in [0.1, 0.15) is 233 Å². The Morgan fingerprint density at radius 1 is 0.615 bits per heavy atom. The molecule has 0 aliphatic carbocycles. The van der Waals surface area contributed by atoms with Crippen molar-refractivity contribution in [2.45, 2.75) is 228 Å². The summed E-state index contributed by atoms with van der Waals surface area (Å²) >= 11 is 0. The molecule has 3 aromatic carbocycles. The summed E-state index contributed by atoms with van der Waals surface area (Å²) in [5, 5.41) is 37.3. The molecule has 65 heavy (non-hydrogen) atoms.